The topological polar surface area (TPSA) is 8.17 Å². The summed E-state index contributed by atoms with van der Waals surface area (Å²) in [6, 6.07) is 62.3. The fourth-order valence-corrected chi connectivity index (χ4v) is 8.52. The first-order valence-corrected chi connectivity index (χ1v) is 17.1. The van der Waals surface area contributed by atoms with Crippen molar-refractivity contribution in [2.75, 3.05) is 4.90 Å². The van der Waals surface area contributed by atoms with E-state index in [9.17, 15) is 0 Å². The molecule has 2 heteroatoms. The smallest absolute Gasteiger partial charge is 0.0547 e. The Balaban J connectivity index is 1.22. The molecule has 2 nitrogen and oxygen atoms in total. The van der Waals surface area contributed by atoms with E-state index in [2.05, 4.69) is 193 Å². The van der Waals surface area contributed by atoms with Gasteiger partial charge in [-0.15, -0.1) is 0 Å². The van der Waals surface area contributed by atoms with Crippen LogP contribution in [0, 0.1) is 0 Å². The third kappa shape index (κ3) is 4.07. The molecule has 0 aliphatic heterocycles. The van der Waals surface area contributed by atoms with Gasteiger partial charge in [0.15, 0.2) is 0 Å². The second kappa shape index (κ2) is 10.4. The summed E-state index contributed by atoms with van der Waals surface area (Å²) in [4.78, 5) is 2.42. The van der Waals surface area contributed by atoms with Crippen LogP contribution in [0.15, 0.2) is 170 Å². The number of anilines is 3. The second-order valence-electron chi connectivity index (χ2n) is 13.8. The van der Waals surface area contributed by atoms with Crippen molar-refractivity contribution in [3.8, 4) is 16.8 Å². The monoisotopic (exact) mass is 626 g/mol. The number of hydrogen-bond donors (Lipinski definition) is 0. The van der Waals surface area contributed by atoms with E-state index in [-0.39, 0.29) is 5.41 Å². The molecule has 8 aromatic carbocycles. The average Bonchev–Trinajstić information content (AvgIpc) is 3.61. The van der Waals surface area contributed by atoms with Crippen molar-refractivity contribution >= 4 is 60.4 Å². The van der Waals surface area contributed by atoms with Gasteiger partial charge >= 0.3 is 0 Å². The Hall–Kier alpha value is -6.12. The Morgan fingerprint density at radius 2 is 1.04 bits per heavy atom. The van der Waals surface area contributed by atoms with E-state index < -0.39 is 0 Å². The van der Waals surface area contributed by atoms with E-state index in [1.54, 1.807) is 0 Å². The number of benzene rings is 8. The molecule has 1 aromatic heterocycles. The fourth-order valence-electron chi connectivity index (χ4n) is 8.52. The molecule has 0 saturated heterocycles. The molecule has 0 N–H and O–H groups in total. The molecule has 10 rings (SSSR count). The van der Waals surface area contributed by atoms with Crippen LogP contribution < -0.4 is 4.90 Å². The van der Waals surface area contributed by atoms with Crippen molar-refractivity contribution in [1.82, 2.24) is 4.57 Å². The number of para-hydroxylation sites is 2. The zero-order chi connectivity index (χ0) is 32.7. The molecule has 1 aliphatic carbocycles. The minimum absolute atomic E-state index is 0.143. The second-order valence-corrected chi connectivity index (χ2v) is 13.8. The van der Waals surface area contributed by atoms with Crippen LogP contribution in [0.3, 0.4) is 0 Å². The zero-order valence-electron chi connectivity index (χ0n) is 27.6. The fraction of sp³-hybridized carbons (Fsp3) is 0.0638. The molecule has 1 aliphatic rings. The number of hydrogen-bond acceptors (Lipinski definition) is 1. The van der Waals surface area contributed by atoms with Crippen LogP contribution in [0.25, 0.3) is 60.2 Å². The molecule has 0 fully saturated rings. The third-order valence-corrected chi connectivity index (χ3v) is 10.7. The predicted molar refractivity (Wildman–Crippen MR) is 208 cm³/mol. The van der Waals surface area contributed by atoms with Crippen LogP contribution >= 0.6 is 0 Å². The molecule has 0 radical (unpaired) electrons. The van der Waals surface area contributed by atoms with Gasteiger partial charge in [0, 0.05) is 38.9 Å². The van der Waals surface area contributed by atoms with Crippen LogP contribution in [0.2, 0.25) is 0 Å². The highest BCUT2D eigenvalue weighted by Crippen LogP contribution is 2.53. The lowest BCUT2D eigenvalue weighted by atomic mass is 9.80. The van der Waals surface area contributed by atoms with Crippen LogP contribution in [-0.4, -0.2) is 4.57 Å². The van der Waals surface area contributed by atoms with Gasteiger partial charge in [-0.1, -0.05) is 123 Å². The Bertz CT molecular complexity index is 2740. The lowest BCUT2D eigenvalue weighted by Gasteiger charge is -2.28. The molecular weight excluding hydrogens is 593 g/mol. The first kappa shape index (κ1) is 27.9. The highest BCUT2D eigenvalue weighted by molar-refractivity contribution is 6.22. The summed E-state index contributed by atoms with van der Waals surface area (Å²) < 4.78 is 2.41. The lowest BCUT2D eigenvalue weighted by molar-refractivity contribution is 0.666. The molecule has 0 bridgehead atoms. The quantitative estimate of drug-likeness (QED) is 0.189. The van der Waals surface area contributed by atoms with Gasteiger partial charge in [0.25, 0.3) is 0 Å². The van der Waals surface area contributed by atoms with Gasteiger partial charge in [0.05, 0.1) is 11.0 Å². The average molecular weight is 627 g/mol. The maximum atomic E-state index is 2.43. The van der Waals surface area contributed by atoms with Crippen molar-refractivity contribution in [3.63, 3.8) is 0 Å². The van der Waals surface area contributed by atoms with Gasteiger partial charge in [-0.2, -0.15) is 0 Å². The summed E-state index contributed by atoms with van der Waals surface area (Å²) in [5.74, 6) is 0. The Labute approximate surface area is 286 Å². The van der Waals surface area contributed by atoms with Crippen molar-refractivity contribution in [1.29, 1.82) is 0 Å². The molecule has 232 valence electrons. The number of fused-ring (bicyclic) bond motifs is 10. The van der Waals surface area contributed by atoms with Crippen LogP contribution in [0.1, 0.15) is 25.0 Å². The van der Waals surface area contributed by atoms with E-state index in [0.29, 0.717) is 0 Å². The lowest BCUT2D eigenvalue weighted by Crippen LogP contribution is -2.17. The normalized spacial score (nSPS) is 13.3. The third-order valence-electron chi connectivity index (χ3n) is 10.7. The molecule has 0 amide bonds. The van der Waals surface area contributed by atoms with Crippen molar-refractivity contribution in [3.05, 3.63) is 181 Å². The van der Waals surface area contributed by atoms with E-state index in [1.165, 1.54) is 71.3 Å². The predicted octanol–water partition coefficient (Wildman–Crippen LogP) is 12.9. The van der Waals surface area contributed by atoms with E-state index in [1.807, 2.05) is 0 Å². The summed E-state index contributed by atoms with van der Waals surface area (Å²) in [5.41, 5.74) is 12.3. The van der Waals surface area contributed by atoms with Crippen LogP contribution in [-0.2, 0) is 5.41 Å². The molecule has 1 heterocycles. The highest BCUT2D eigenvalue weighted by Gasteiger charge is 2.37. The van der Waals surface area contributed by atoms with Gasteiger partial charge in [0.1, 0.15) is 0 Å². The number of aromatic nitrogens is 1. The van der Waals surface area contributed by atoms with Crippen LogP contribution in [0.4, 0.5) is 17.1 Å². The van der Waals surface area contributed by atoms with E-state index in [0.717, 1.165) is 17.1 Å². The first-order chi connectivity index (χ1) is 24.1. The van der Waals surface area contributed by atoms with Crippen molar-refractivity contribution in [2.24, 2.45) is 0 Å². The summed E-state index contributed by atoms with van der Waals surface area (Å²) >= 11 is 0. The maximum Gasteiger partial charge on any atom is 0.0547 e. The molecule has 0 saturated carbocycles. The van der Waals surface area contributed by atoms with E-state index in [4.69, 9.17) is 0 Å². The minimum Gasteiger partial charge on any atom is -0.310 e. The van der Waals surface area contributed by atoms with Gasteiger partial charge in [0.2, 0.25) is 0 Å². The molecular formula is C47H34N2. The first-order valence-electron chi connectivity index (χ1n) is 17.1. The molecule has 9 aromatic rings. The zero-order valence-corrected chi connectivity index (χ0v) is 27.6. The molecule has 0 unspecified atom stereocenters. The number of nitrogens with zero attached hydrogens (tertiary/aromatic N) is 2. The summed E-state index contributed by atoms with van der Waals surface area (Å²) in [6.45, 7) is 4.77. The molecule has 0 spiro atoms. The van der Waals surface area contributed by atoms with Crippen LogP contribution in [0.5, 0.6) is 0 Å². The summed E-state index contributed by atoms with van der Waals surface area (Å²) in [5, 5.41) is 7.69. The Kier molecular flexibility index (Phi) is 5.95. The number of rotatable bonds is 4. The van der Waals surface area contributed by atoms with Gasteiger partial charge < -0.3 is 9.47 Å². The largest absolute Gasteiger partial charge is 0.310 e. The van der Waals surface area contributed by atoms with E-state index >= 15 is 0 Å². The standard InChI is InChI=1S/C47H34N2/c1-47(2)42-30-36(23-26-39(42)40-25-21-32-14-10-12-20-38(32)46(40)47)48(33-15-5-3-6-16-33)35-24-28-43-41(29-35)45-37-19-11-9-13-31(37)22-27-44(45)49(43)34-17-7-4-8-18-34/h3-30H,1-2H3. The van der Waals surface area contributed by atoms with Gasteiger partial charge in [-0.3, -0.25) is 0 Å². The van der Waals surface area contributed by atoms with Gasteiger partial charge in [-0.05, 0) is 104 Å². The van der Waals surface area contributed by atoms with Crippen molar-refractivity contribution in [2.45, 2.75) is 19.3 Å². The summed E-state index contributed by atoms with van der Waals surface area (Å²) in [7, 11) is 0. The molecule has 49 heavy (non-hydrogen) atoms. The SMILES string of the molecule is CC1(C)c2cc(N(c3ccccc3)c3ccc4c(c3)c3c5ccccc5ccc3n4-c3ccccc3)ccc2-c2ccc3ccccc3c21. The molecule has 0 atom stereocenters. The minimum atomic E-state index is -0.143. The van der Waals surface area contributed by atoms with Gasteiger partial charge in [-0.25, -0.2) is 0 Å². The Morgan fingerprint density at radius 3 is 1.84 bits per heavy atom. The van der Waals surface area contributed by atoms with Crippen molar-refractivity contribution < 1.29 is 0 Å². The summed E-state index contributed by atoms with van der Waals surface area (Å²) in [6.07, 6.45) is 0. The Morgan fingerprint density at radius 1 is 0.449 bits per heavy atom. The highest BCUT2D eigenvalue weighted by atomic mass is 15.1. The maximum absolute atomic E-state index is 2.43.